The summed E-state index contributed by atoms with van der Waals surface area (Å²) in [6.07, 6.45) is 1.07. The van der Waals surface area contributed by atoms with Crippen LogP contribution in [0, 0.1) is 0 Å². The van der Waals surface area contributed by atoms with Crippen molar-refractivity contribution in [2.24, 2.45) is 0 Å². The van der Waals surface area contributed by atoms with Gasteiger partial charge in [0.25, 0.3) is 0 Å². The molecule has 0 amide bonds. The summed E-state index contributed by atoms with van der Waals surface area (Å²) in [5.74, 6) is 0. The van der Waals surface area contributed by atoms with Crippen LogP contribution >= 0.6 is 0 Å². The molecular weight excluding hydrogens is 162 g/mol. The maximum absolute atomic E-state index is 5.09. The van der Waals surface area contributed by atoms with Crippen molar-refractivity contribution < 1.29 is 4.84 Å². The van der Waals surface area contributed by atoms with E-state index in [-0.39, 0.29) is 0 Å². The average Bonchev–Trinajstić information content (AvgIpc) is 2.19. The minimum absolute atomic E-state index is 0.703. The standard InChI is InChI=1S/C11H17NO/c1-3-10-7-5-6-8-11(10)9-12-13-4-2/h5-8,12H,3-4,9H2,1-2H3. The summed E-state index contributed by atoms with van der Waals surface area (Å²) >= 11 is 0. The molecule has 0 aliphatic rings. The second kappa shape index (κ2) is 5.73. The van der Waals surface area contributed by atoms with Gasteiger partial charge in [0.15, 0.2) is 0 Å². The predicted octanol–water partition coefficient (Wildman–Crippen LogP) is 2.29. The lowest BCUT2D eigenvalue weighted by Gasteiger charge is -2.07. The number of aryl methyl sites for hydroxylation is 1. The van der Waals surface area contributed by atoms with E-state index >= 15 is 0 Å². The smallest absolute Gasteiger partial charge is 0.0654 e. The highest BCUT2D eigenvalue weighted by molar-refractivity contribution is 5.26. The molecule has 1 rings (SSSR count). The Morgan fingerprint density at radius 3 is 2.46 bits per heavy atom. The number of rotatable bonds is 5. The van der Waals surface area contributed by atoms with Gasteiger partial charge in [0, 0.05) is 6.54 Å². The lowest BCUT2D eigenvalue weighted by molar-refractivity contribution is 0.0462. The molecule has 0 atom stereocenters. The zero-order valence-electron chi connectivity index (χ0n) is 8.34. The third kappa shape index (κ3) is 3.17. The fourth-order valence-electron chi connectivity index (χ4n) is 1.31. The van der Waals surface area contributed by atoms with Crippen molar-refractivity contribution in [1.29, 1.82) is 0 Å². The van der Waals surface area contributed by atoms with Gasteiger partial charge in [0.2, 0.25) is 0 Å². The molecule has 0 heterocycles. The van der Waals surface area contributed by atoms with E-state index in [4.69, 9.17) is 4.84 Å². The van der Waals surface area contributed by atoms with Crippen molar-refractivity contribution in [2.75, 3.05) is 6.61 Å². The molecule has 0 saturated heterocycles. The van der Waals surface area contributed by atoms with Crippen molar-refractivity contribution >= 4 is 0 Å². The van der Waals surface area contributed by atoms with Gasteiger partial charge in [-0.1, -0.05) is 31.2 Å². The largest absolute Gasteiger partial charge is 0.302 e. The van der Waals surface area contributed by atoms with Gasteiger partial charge in [-0.15, -0.1) is 0 Å². The maximum Gasteiger partial charge on any atom is 0.0654 e. The predicted molar refractivity (Wildman–Crippen MR) is 54.3 cm³/mol. The summed E-state index contributed by atoms with van der Waals surface area (Å²) in [5.41, 5.74) is 5.63. The van der Waals surface area contributed by atoms with Gasteiger partial charge in [-0.25, -0.2) is 0 Å². The summed E-state index contributed by atoms with van der Waals surface area (Å²) in [5, 5.41) is 0. The van der Waals surface area contributed by atoms with E-state index in [0.29, 0.717) is 6.61 Å². The SMILES string of the molecule is CCONCc1ccccc1CC. The molecule has 0 aromatic heterocycles. The van der Waals surface area contributed by atoms with Crippen LogP contribution in [0.3, 0.4) is 0 Å². The molecule has 13 heavy (non-hydrogen) atoms. The second-order valence-electron chi connectivity index (χ2n) is 2.88. The Hall–Kier alpha value is -0.860. The van der Waals surface area contributed by atoms with E-state index in [2.05, 4.69) is 36.7 Å². The minimum Gasteiger partial charge on any atom is -0.302 e. The highest BCUT2D eigenvalue weighted by Crippen LogP contribution is 2.08. The Balaban J connectivity index is 2.54. The van der Waals surface area contributed by atoms with Gasteiger partial charge in [-0.05, 0) is 24.5 Å². The van der Waals surface area contributed by atoms with Crippen LogP contribution in [-0.2, 0) is 17.8 Å². The van der Waals surface area contributed by atoms with Crippen molar-refractivity contribution in [3.63, 3.8) is 0 Å². The zero-order valence-corrected chi connectivity index (χ0v) is 8.34. The lowest BCUT2D eigenvalue weighted by atomic mass is 10.1. The number of nitrogens with one attached hydrogen (secondary N) is 1. The van der Waals surface area contributed by atoms with Crippen molar-refractivity contribution in [1.82, 2.24) is 5.48 Å². The van der Waals surface area contributed by atoms with E-state index in [1.807, 2.05) is 6.92 Å². The first-order valence-electron chi connectivity index (χ1n) is 4.80. The molecule has 1 N–H and O–H groups in total. The summed E-state index contributed by atoms with van der Waals surface area (Å²) < 4.78 is 0. The van der Waals surface area contributed by atoms with Crippen LogP contribution < -0.4 is 5.48 Å². The molecule has 0 radical (unpaired) electrons. The van der Waals surface area contributed by atoms with Crippen LogP contribution in [0.4, 0.5) is 0 Å². The third-order valence-electron chi connectivity index (χ3n) is 2.01. The first kappa shape index (κ1) is 10.2. The number of hydrogen-bond acceptors (Lipinski definition) is 2. The van der Waals surface area contributed by atoms with Gasteiger partial charge in [-0.3, -0.25) is 0 Å². The average molecular weight is 179 g/mol. The maximum atomic E-state index is 5.09. The van der Waals surface area contributed by atoms with Gasteiger partial charge in [0.1, 0.15) is 0 Å². The van der Waals surface area contributed by atoms with Crippen LogP contribution in [0.15, 0.2) is 24.3 Å². The van der Waals surface area contributed by atoms with E-state index in [1.54, 1.807) is 0 Å². The van der Waals surface area contributed by atoms with Crippen molar-refractivity contribution in [2.45, 2.75) is 26.8 Å². The highest BCUT2D eigenvalue weighted by atomic mass is 16.6. The summed E-state index contributed by atoms with van der Waals surface area (Å²) in [6, 6.07) is 8.42. The summed E-state index contributed by atoms with van der Waals surface area (Å²) in [6.45, 7) is 5.63. The molecule has 0 spiro atoms. The quantitative estimate of drug-likeness (QED) is 0.553. The third-order valence-corrected chi connectivity index (χ3v) is 2.01. The van der Waals surface area contributed by atoms with Crippen molar-refractivity contribution in [3.05, 3.63) is 35.4 Å². The molecule has 0 saturated carbocycles. The molecule has 1 aromatic carbocycles. The molecule has 0 unspecified atom stereocenters. The van der Waals surface area contributed by atoms with Crippen LogP contribution in [-0.4, -0.2) is 6.61 Å². The van der Waals surface area contributed by atoms with Crippen LogP contribution in [0.2, 0.25) is 0 Å². The number of benzene rings is 1. The van der Waals surface area contributed by atoms with Crippen LogP contribution in [0.5, 0.6) is 0 Å². The summed E-state index contributed by atoms with van der Waals surface area (Å²) in [7, 11) is 0. The molecule has 1 aromatic rings. The first-order chi connectivity index (χ1) is 6.38. The Kier molecular flexibility index (Phi) is 4.50. The first-order valence-corrected chi connectivity index (χ1v) is 4.80. The van der Waals surface area contributed by atoms with Crippen LogP contribution in [0.1, 0.15) is 25.0 Å². The van der Waals surface area contributed by atoms with Gasteiger partial charge < -0.3 is 4.84 Å². The number of hydroxylamine groups is 1. The van der Waals surface area contributed by atoms with Gasteiger partial charge in [-0.2, -0.15) is 5.48 Å². The van der Waals surface area contributed by atoms with E-state index in [1.165, 1.54) is 11.1 Å². The number of hydrogen-bond donors (Lipinski definition) is 1. The van der Waals surface area contributed by atoms with Crippen LogP contribution in [0.25, 0.3) is 0 Å². The summed E-state index contributed by atoms with van der Waals surface area (Å²) in [4.78, 5) is 5.09. The van der Waals surface area contributed by atoms with Gasteiger partial charge in [0.05, 0.1) is 6.61 Å². The van der Waals surface area contributed by atoms with Gasteiger partial charge >= 0.3 is 0 Å². The fourth-order valence-corrected chi connectivity index (χ4v) is 1.31. The lowest BCUT2D eigenvalue weighted by Crippen LogP contribution is -2.14. The molecular formula is C11H17NO. The Labute approximate surface area is 79.9 Å². The Morgan fingerprint density at radius 1 is 1.15 bits per heavy atom. The fraction of sp³-hybridized carbons (Fsp3) is 0.455. The van der Waals surface area contributed by atoms with E-state index < -0.39 is 0 Å². The molecule has 72 valence electrons. The molecule has 2 nitrogen and oxygen atoms in total. The Morgan fingerprint density at radius 2 is 1.85 bits per heavy atom. The normalized spacial score (nSPS) is 10.3. The molecule has 0 bridgehead atoms. The molecule has 0 aliphatic carbocycles. The zero-order chi connectivity index (χ0) is 9.52. The molecule has 2 heteroatoms. The molecule has 0 fully saturated rings. The van der Waals surface area contributed by atoms with E-state index in [9.17, 15) is 0 Å². The van der Waals surface area contributed by atoms with E-state index in [0.717, 1.165) is 13.0 Å². The minimum atomic E-state index is 0.703. The Bertz CT molecular complexity index is 248. The monoisotopic (exact) mass is 179 g/mol. The topological polar surface area (TPSA) is 21.3 Å². The highest BCUT2D eigenvalue weighted by Gasteiger charge is 1.97. The molecule has 0 aliphatic heterocycles. The second-order valence-corrected chi connectivity index (χ2v) is 2.88. The van der Waals surface area contributed by atoms with Crippen molar-refractivity contribution in [3.8, 4) is 0 Å².